The molecular weight excluding hydrogens is 443 g/mol. The summed E-state index contributed by atoms with van der Waals surface area (Å²) in [6.45, 7) is 0.927. The molecule has 3 aromatic carbocycles. The van der Waals surface area contributed by atoms with Gasteiger partial charge in [0.25, 0.3) is 0 Å². The lowest BCUT2D eigenvalue weighted by Crippen LogP contribution is -2.41. The number of hydrogen-bond donors (Lipinski definition) is 1. The predicted octanol–water partition coefficient (Wildman–Crippen LogP) is 6.17. The Labute approximate surface area is 196 Å². The predicted molar refractivity (Wildman–Crippen MR) is 122 cm³/mol. The Balaban J connectivity index is 1.78. The molecule has 1 heterocycles. The highest BCUT2D eigenvalue weighted by atomic mass is 19.4. The second kappa shape index (κ2) is 10.3. The number of ether oxygens (including phenoxy) is 1. The van der Waals surface area contributed by atoms with Crippen molar-refractivity contribution in [3.8, 4) is 5.75 Å². The topological polar surface area (TPSA) is 49.8 Å². The zero-order valence-electron chi connectivity index (χ0n) is 18.5. The van der Waals surface area contributed by atoms with Gasteiger partial charge in [-0.1, -0.05) is 66.7 Å². The molecule has 4 nitrogen and oxygen atoms in total. The normalized spacial score (nSPS) is 17.8. The lowest BCUT2D eigenvalue weighted by molar-refractivity contribution is -0.144. The molecule has 178 valence electrons. The van der Waals surface area contributed by atoms with Gasteiger partial charge in [0, 0.05) is 12.1 Å². The SMILES string of the molecule is O=C(O)C1CCCN(C(c2ccccc2OCc2ccccc2)c2ccccc2C(F)(F)F)C1. The van der Waals surface area contributed by atoms with E-state index in [1.807, 2.05) is 35.2 Å². The zero-order chi connectivity index (χ0) is 24.1. The molecule has 0 saturated carbocycles. The van der Waals surface area contributed by atoms with Crippen molar-refractivity contribution in [1.29, 1.82) is 0 Å². The van der Waals surface area contributed by atoms with E-state index in [2.05, 4.69) is 0 Å². The number of aliphatic carboxylic acids is 1. The van der Waals surface area contributed by atoms with Crippen molar-refractivity contribution in [2.75, 3.05) is 13.1 Å². The van der Waals surface area contributed by atoms with Crippen molar-refractivity contribution >= 4 is 5.97 Å². The van der Waals surface area contributed by atoms with Crippen LogP contribution in [0.15, 0.2) is 78.9 Å². The average molecular weight is 470 g/mol. The van der Waals surface area contributed by atoms with Crippen molar-refractivity contribution < 1.29 is 27.8 Å². The van der Waals surface area contributed by atoms with Gasteiger partial charge in [0.15, 0.2) is 0 Å². The summed E-state index contributed by atoms with van der Waals surface area (Å²) in [5.41, 5.74) is 0.890. The monoisotopic (exact) mass is 469 g/mol. The van der Waals surface area contributed by atoms with E-state index in [1.165, 1.54) is 12.1 Å². The second-order valence-corrected chi connectivity index (χ2v) is 8.47. The molecule has 0 aromatic heterocycles. The summed E-state index contributed by atoms with van der Waals surface area (Å²) >= 11 is 0. The van der Waals surface area contributed by atoms with Gasteiger partial charge < -0.3 is 9.84 Å². The number of hydrogen-bond acceptors (Lipinski definition) is 3. The largest absolute Gasteiger partial charge is 0.489 e. The van der Waals surface area contributed by atoms with E-state index in [-0.39, 0.29) is 18.7 Å². The zero-order valence-corrected chi connectivity index (χ0v) is 18.5. The molecule has 0 radical (unpaired) electrons. The second-order valence-electron chi connectivity index (χ2n) is 8.47. The first-order valence-electron chi connectivity index (χ1n) is 11.2. The van der Waals surface area contributed by atoms with Crippen LogP contribution in [0, 0.1) is 5.92 Å². The molecule has 1 fully saturated rings. The Kier molecular flexibility index (Phi) is 7.22. The molecule has 0 bridgehead atoms. The van der Waals surface area contributed by atoms with Crippen molar-refractivity contribution in [3.63, 3.8) is 0 Å². The average Bonchev–Trinajstić information content (AvgIpc) is 2.84. The molecule has 0 amide bonds. The smallest absolute Gasteiger partial charge is 0.416 e. The maximum Gasteiger partial charge on any atom is 0.416 e. The summed E-state index contributed by atoms with van der Waals surface area (Å²) in [4.78, 5) is 13.6. The summed E-state index contributed by atoms with van der Waals surface area (Å²) in [6.07, 6.45) is -3.45. The van der Waals surface area contributed by atoms with Crippen LogP contribution in [0.25, 0.3) is 0 Å². The summed E-state index contributed by atoms with van der Waals surface area (Å²) in [6, 6.07) is 21.3. The number of alkyl halides is 3. The quantitative estimate of drug-likeness (QED) is 0.450. The molecule has 3 aromatic rings. The number of carboxylic acids is 1. The fourth-order valence-corrected chi connectivity index (χ4v) is 4.57. The number of carboxylic acid groups (broad SMARTS) is 1. The summed E-state index contributed by atoms with van der Waals surface area (Å²) in [7, 11) is 0. The highest BCUT2D eigenvalue weighted by molar-refractivity contribution is 5.70. The van der Waals surface area contributed by atoms with Crippen molar-refractivity contribution in [3.05, 3.63) is 101 Å². The number of benzene rings is 3. The molecular formula is C27H26F3NO3. The molecule has 7 heteroatoms. The van der Waals surface area contributed by atoms with Gasteiger partial charge in [0.2, 0.25) is 0 Å². The molecule has 1 aliphatic heterocycles. The fraction of sp³-hybridized carbons (Fsp3) is 0.296. The van der Waals surface area contributed by atoms with Crippen LogP contribution < -0.4 is 4.74 Å². The lowest BCUT2D eigenvalue weighted by atomic mass is 9.88. The van der Waals surface area contributed by atoms with Crippen LogP contribution in [0.5, 0.6) is 5.75 Å². The first kappa shape index (κ1) is 23.8. The van der Waals surface area contributed by atoms with E-state index in [4.69, 9.17) is 4.74 Å². The van der Waals surface area contributed by atoms with E-state index in [1.54, 1.807) is 30.3 Å². The van der Waals surface area contributed by atoms with Gasteiger partial charge in [-0.3, -0.25) is 9.69 Å². The maximum atomic E-state index is 14.0. The standard InChI is InChI=1S/C27H26F3NO3/c28-27(29,30)23-14-6-4-12-21(23)25(31-16-8-11-20(17-31)26(32)33)22-13-5-7-15-24(22)34-18-19-9-2-1-3-10-19/h1-7,9-10,12-15,20,25H,8,11,16-18H2,(H,32,33). The molecule has 1 saturated heterocycles. The van der Waals surface area contributed by atoms with Crippen LogP contribution in [0.2, 0.25) is 0 Å². The first-order chi connectivity index (χ1) is 16.3. The van der Waals surface area contributed by atoms with Crippen LogP contribution >= 0.6 is 0 Å². The number of rotatable bonds is 7. The Morgan fingerprint density at radius 3 is 2.32 bits per heavy atom. The number of para-hydroxylation sites is 1. The van der Waals surface area contributed by atoms with E-state index in [9.17, 15) is 23.1 Å². The third kappa shape index (κ3) is 5.42. The van der Waals surface area contributed by atoms with Gasteiger partial charge in [-0.2, -0.15) is 13.2 Å². The van der Waals surface area contributed by atoms with E-state index >= 15 is 0 Å². The highest BCUT2D eigenvalue weighted by Crippen LogP contribution is 2.42. The Bertz CT molecular complexity index is 1120. The Hall–Kier alpha value is -3.32. The third-order valence-corrected chi connectivity index (χ3v) is 6.18. The molecule has 0 aliphatic carbocycles. The summed E-state index contributed by atoms with van der Waals surface area (Å²) < 4.78 is 48.2. The van der Waals surface area contributed by atoms with Crippen LogP contribution in [-0.2, 0) is 17.6 Å². The van der Waals surface area contributed by atoms with Crippen LogP contribution in [0.3, 0.4) is 0 Å². The minimum atomic E-state index is -4.54. The third-order valence-electron chi connectivity index (χ3n) is 6.18. The van der Waals surface area contributed by atoms with Gasteiger partial charge in [0.1, 0.15) is 12.4 Å². The first-order valence-corrected chi connectivity index (χ1v) is 11.2. The van der Waals surface area contributed by atoms with Crippen molar-refractivity contribution in [2.24, 2.45) is 5.92 Å². The van der Waals surface area contributed by atoms with E-state index < -0.39 is 29.7 Å². The van der Waals surface area contributed by atoms with E-state index in [0.717, 1.165) is 11.6 Å². The number of carbonyl (C=O) groups is 1. The van der Waals surface area contributed by atoms with Crippen molar-refractivity contribution in [1.82, 2.24) is 4.90 Å². The van der Waals surface area contributed by atoms with Gasteiger partial charge in [-0.25, -0.2) is 0 Å². The number of likely N-dealkylation sites (tertiary alicyclic amines) is 1. The Morgan fingerprint density at radius 2 is 1.62 bits per heavy atom. The van der Waals surface area contributed by atoms with Gasteiger partial charge >= 0.3 is 12.1 Å². The molecule has 0 spiro atoms. The molecule has 2 atom stereocenters. The minimum absolute atomic E-state index is 0.0943. The Morgan fingerprint density at radius 1 is 0.971 bits per heavy atom. The van der Waals surface area contributed by atoms with Gasteiger partial charge in [-0.05, 0) is 42.6 Å². The van der Waals surface area contributed by atoms with Gasteiger partial charge in [-0.15, -0.1) is 0 Å². The molecule has 34 heavy (non-hydrogen) atoms. The lowest BCUT2D eigenvalue weighted by Gasteiger charge is -2.39. The molecule has 4 rings (SSSR count). The maximum absolute atomic E-state index is 14.0. The summed E-state index contributed by atoms with van der Waals surface area (Å²) in [5, 5.41) is 9.60. The molecule has 1 aliphatic rings. The van der Waals surface area contributed by atoms with Crippen molar-refractivity contribution in [2.45, 2.75) is 31.7 Å². The number of piperidine rings is 1. The van der Waals surface area contributed by atoms with Crippen LogP contribution in [-0.4, -0.2) is 29.1 Å². The molecule has 2 unspecified atom stereocenters. The van der Waals surface area contributed by atoms with E-state index in [0.29, 0.717) is 30.7 Å². The fourth-order valence-electron chi connectivity index (χ4n) is 4.57. The summed E-state index contributed by atoms with van der Waals surface area (Å²) in [5.74, 6) is -1.08. The number of halogens is 3. The highest BCUT2D eigenvalue weighted by Gasteiger charge is 2.39. The van der Waals surface area contributed by atoms with Crippen LogP contribution in [0.1, 0.15) is 41.1 Å². The molecule has 1 N–H and O–H groups in total. The minimum Gasteiger partial charge on any atom is -0.489 e. The van der Waals surface area contributed by atoms with Crippen LogP contribution in [0.4, 0.5) is 13.2 Å². The number of nitrogens with zero attached hydrogens (tertiary/aromatic N) is 1. The van der Waals surface area contributed by atoms with Gasteiger partial charge in [0.05, 0.1) is 17.5 Å².